The van der Waals surface area contributed by atoms with Gasteiger partial charge in [-0.25, -0.2) is 8.78 Å². The van der Waals surface area contributed by atoms with Crippen molar-refractivity contribution in [3.8, 4) is 11.1 Å². The van der Waals surface area contributed by atoms with Crippen LogP contribution in [0.5, 0.6) is 0 Å². The van der Waals surface area contributed by atoms with E-state index in [1.807, 2.05) is 12.1 Å². The third-order valence-corrected chi connectivity index (χ3v) is 5.88. The van der Waals surface area contributed by atoms with Crippen LogP contribution in [-0.4, -0.2) is 6.61 Å². The molecular formula is C25H30F2O. The van der Waals surface area contributed by atoms with Gasteiger partial charge in [0.2, 0.25) is 0 Å². The second-order valence-corrected chi connectivity index (χ2v) is 7.85. The van der Waals surface area contributed by atoms with Crippen molar-refractivity contribution in [2.75, 3.05) is 6.61 Å². The van der Waals surface area contributed by atoms with Gasteiger partial charge in [0, 0.05) is 5.56 Å². The smallest absolute Gasteiger partial charge is 0.132 e. The molecule has 0 bridgehead atoms. The van der Waals surface area contributed by atoms with Gasteiger partial charge in [-0.15, -0.1) is 6.58 Å². The van der Waals surface area contributed by atoms with Crippen LogP contribution in [0.4, 0.5) is 8.78 Å². The standard InChI is InChI=1S/C25H30F2O/c1-3-5-18-6-8-19(9-7-18)20-10-12-21(13-11-20)22-15-24(26)23(25(27)16-22)17-28-14-4-2/h4,10-13,15-16,18-19H,2-3,5-9,14,17H2,1H3. The van der Waals surface area contributed by atoms with Crippen LogP contribution in [0, 0.1) is 17.6 Å². The Morgan fingerprint density at radius 2 is 1.64 bits per heavy atom. The van der Waals surface area contributed by atoms with Gasteiger partial charge in [0.25, 0.3) is 0 Å². The molecule has 3 heteroatoms. The average molecular weight is 385 g/mol. The van der Waals surface area contributed by atoms with Gasteiger partial charge in [-0.3, -0.25) is 0 Å². The Morgan fingerprint density at radius 3 is 2.21 bits per heavy atom. The fourth-order valence-electron chi connectivity index (χ4n) is 4.29. The third-order valence-electron chi connectivity index (χ3n) is 5.88. The predicted octanol–water partition coefficient (Wildman–Crippen LogP) is 7.41. The molecule has 2 aromatic rings. The van der Waals surface area contributed by atoms with E-state index in [0.717, 1.165) is 11.5 Å². The van der Waals surface area contributed by atoms with Gasteiger partial charge in [-0.2, -0.15) is 0 Å². The Balaban J connectivity index is 1.69. The minimum atomic E-state index is -0.572. The number of halogens is 2. The molecule has 1 aliphatic rings. The summed E-state index contributed by atoms with van der Waals surface area (Å²) >= 11 is 0. The fraction of sp³-hybridized carbons (Fsp3) is 0.440. The lowest BCUT2D eigenvalue weighted by Gasteiger charge is -2.28. The molecule has 1 aliphatic carbocycles. The van der Waals surface area contributed by atoms with Crippen LogP contribution in [0.2, 0.25) is 0 Å². The lowest BCUT2D eigenvalue weighted by atomic mass is 9.77. The minimum absolute atomic E-state index is 0.0361. The van der Waals surface area contributed by atoms with Crippen LogP contribution in [0.15, 0.2) is 49.1 Å². The van der Waals surface area contributed by atoms with Crippen molar-refractivity contribution in [3.63, 3.8) is 0 Å². The Hall–Kier alpha value is -2.00. The second kappa shape index (κ2) is 9.97. The zero-order valence-corrected chi connectivity index (χ0v) is 16.7. The first-order valence-corrected chi connectivity index (χ1v) is 10.4. The van der Waals surface area contributed by atoms with Crippen molar-refractivity contribution >= 4 is 0 Å². The maximum atomic E-state index is 14.3. The first kappa shape index (κ1) is 20.7. The summed E-state index contributed by atoms with van der Waals surface area (Å²) in [6.45, 7) is 5.96. The van der Waals surface area contributed by atoms with Crippen LogP contribution in [0.1, 0.15) is 62.5 Å². The summed E-state index contributed by atoms with van der Waals surface area (Å²) in [6.07, 6.45) is 9.28. The molecule has 0 radical (unpaired) electrons. The number of hydrogen-bond acceptors (Lipinski definition) is 1. The summed E-state index contributed by atoms with van der Waals surface area (Å²) < 4.78 is 33.9. The van der Waals surface area contributed by atoms with Crippen molar-refractivity contribution in [1.82, 2.24) is 0 Å². The highest BCUT2D eigenvalue weighted by Crippen LogP contribution is 2.38. The van der Waals surface area contributed by atoms with E-state index < -0.39 is 11.6 Å². The van der Waals surface area contributed by atoms with Crippen molar-refractivity contribution in [2.24, 2.45) is 5.92 Å². The van der Waals surface area contributed by atoms with E-state index >= 15 is 0 Å². The summed E-state index contributed by atoms with van der Waals surface area (Å²) in [5.74, 6) is 0.357. The van der Waals surface area contributed by atoms with Crippen LogP contribution >= 0.6 is 0 Å². The molecule has 0 spiro atoms. The van der Waals surface area contributed by atoms with Crippen molar-refractivity contribution in [1.29, 1.82) is 0 Å². The summed E-state index contributed by atoms with van der Waals surface area (Å²) in [7, 11) is 0. The van der Waals surface area contributed by atoms with Crippen LogP contribution in [0.3, 0.4) is 0 Å². The minimum Gasteiger partial charge on any atom is -0.373 e. The molecule has 150 valence electrons. The van der Waals surface area contributed by atoms with Gasteiger partial charge in [-0.05, 0) is 66.3 Å². The number of hydrogen-bond donors (Lipinski definition) is 0. The highest BCUT2D eigenvalue weighted by atomic mass is 19.1. The van der Waals surface area contributed by atoms with Gasteiger partial charge in [0.1, 0.15) is 11.6 Å². The molecule has 28 heavy (non-hydrogen) atoms. The Kier molecular flexibility index (Phi) is 7.38. The Labute approximate surface area is 167 Å². The van der Waals surface area contributed by atoms with E-state index in [0.29, 0.717) is 11.5 Å². The molecule has 0 heterocycles. The lowest BCUT2D eigenvalue weighted by molar-refractivity contribution is 0.143. The molecule has 0 atom stereocenters. The largest absolute Gasteiger partial charge is 0.373 e. The SMILES string of the molecule is C=CCOCc1c(F)cc(-c2ccc(C3CCC(CCC)CC3)cc2)cc1F. The molecule has 1 saturated carbocycles. The highest BCUT2D eigenvalue weighted by Gasteiger charge is 2.22. The molecule has 0 saturated heterocycles. The van der Waals surface area contributed by atoms with E-state index in [-0.39, 0.29) is 18.8 Å². The quantitative estimate of drug-likeness (QED) is 0.340. The molecule has 0 unspecified atom stereocenters. The number of rotatable bonds is 8. The molecule has 2 aromatic carbocycles. The molecule has 3 rings (SSSR count). The van der Waals surface area contributed by atoms with E-state index in [2.05, 4.69) is 25.6 Å². The van der Waals surface area contributed by atoms with Gasteiger partial charge < -0.3 is 4.74 Å². The number of benzene rings is 2. The topological polar surface area (TPSA) is 9.23 Å². The van der Waals surface area contributed by atoms with Gasteiger partial charge in [-0.1, -0.05) is 50.1 Å². The predicted molar refractivity (Wildman–Crippen MR) is 111 cm³/mol. The molecule has 0 N–H and O–H groups in total. The van der Waals surface area contributed by atoms with Gasteiger partial charge in [0.05, 0.1) is 13.2 Å². The van der Waals surface area contributed by atoms with Gasteiger partial charge in [0.15, 0.2) is 0 Å². The van der Waals surface area contributed by atoms with E-state index in [4.69, 9.17) is 4.74 Å². The molecule has 0 amide bonds. The molecule has 1 fully saturated rings. The summed E-state index contributed by atoms with van der Waals surface area (Å²) in [6, 6.07) is 11.0. The maximum Gasteiger partial charge on any atom is 0.132 e. The Bertz CT molecular complexity index is 751. The maximum absolute atomic E-state index is 14.3. The molecular weight excluding hydrogens is 354 g/mol. The second-order valence-electron chi connectivity index (χ2n) is 7.85. The van der Waals surface area contributed by atoms with E-state index in [9.17, 15) is 8.78 Å². The van der Waals surface area contributed by atoms with E-state index in [1.54, 1.807) is 6.08 Å². The van der Waals surface area contributed by atoms with Crippen LogP contribution < -0.4 is 0 Å². The van der Waals surface area contributed by atoms with Gasteiger partial charge >= 0.3 is 0 Å². The zero-order chi connectivity index (χ0) is 19.9. The number of ether oxygens (including phenoxy) is 1. The third kappa shape index (κ3) is 5.08. The van der Waals surface area contributed by atoms with Crippen molar-refractivity contribution in [2.45, 2.75) is 58.0 Å². The van der Waals surface area contributed by atoms with Crippen molar-refractivity contribution < 1.29 is 13.5 Å². The van der Waals surface area contributed by atoms with Crippen molar-refractivity contribution in [3.05, 3.63) is 71.8 Å². The summed E-state index contributed by atoms with van der Waals surface area (Å²) in [4.78, 5) is 0. The monoisotopic (exact) mass is 384 g/mol. The van der Waals surface area contributed by atoms with Crippen LogP contribution in [-0.2, 0) is 11.3 Å². The average Bonchev–Trinajstić information content (AvgIpc) is 2.71. The molecule has 0 aliphatic heterocycles. The molecule has 1 nitrogen and oxygen atoms in total. The summed E-state index contributed by atoms with van der Waals surface area (Å²) in [5, 5.41) is 0. The zero-order valence-electron chi connectivity index (χ0n) is 16.7. The first-order chi connectivity index (χ1) is 13.6. The van der Waals surface area contributed by atoms with Crippen LogP contribution in [0.25, 0.3) is 11.1 Å². The Morgan fingerprint density at radius 1 is 1.00 bits per heavy atom. The normalized spacial score (nSPS) is 19.5. The first-order valence-electron chi connectivity index (χ1n) is 10.4. The van der Waals surface area contributed by atoms with E-state index in [1.165, 1.54) is 56.2 Å². The lowest BCUT2D eigenvalue weighted by Crippen LogP contribution is -2.13. The summed E-state index contributed by atoms with van der Waals surface area (Å²) in [5.41, 5.74) is 2.70. The highest BCUT2D eigenvalue weighted by molar-refractivity contribution is 5.64. The fourth-order valence-corrected chi connectivity index (χ4v) is 4.29. The molecule has 0 aromatic heterocycles.